The quantitative estimate of drug-likeness (QED) is 0.604. The summed E-state index contributed by atoms with van der Waals surface area (Å²) in [6, 6.07) is 6.86. The highest BCUT2D eigenvalue weighted by Crippen LogP contribution is 2.22. The first-order valence-electron chi connectivity index (χ1n) is 6.21. The zero-order valence-corrected chi connectivity index (χ0v) is 11.5. The molecule has 0 bridgehead atoms. The van der Waals surface area contributed by atoms with Crippen molar-refractivity contribution in [3.8, 4) is 11.5 Å². The number of nitrogens with one attached hydrogen (secondary N) is 3. The molecule has 0 unspecified atom stereocenters. The Labute approximate surface area is 122 Å². The fourth-order valence-corrected chi connectivity index (χ4v) is 1.55. The number of allylic oxidation sites excluding steroid dienone is 1. The summed E-state index contributed by atoms with van der Waals surface area (Å²) in [6.07, 6.45) is 6.01. The number of rotatable bonds is 6. The van der Waals surface area contributed by atoms with Crippen LogP contribution in [0.5, 0.6) is 11.5 Å². The Balaban J connectivity index is 2.12. The lowest BCUT2D eigenvalue weighted by Crippen LogP contribution is -2.06. The highest BCUT2D eigenvalue weighted by atomic mass is 16.5. The van der Waals surface area contributed by atoms with Gasteiger partial charge in [-0.3, -0.25) is 0 Å². The molecule has 0 fully saturated rings. The van der Waals surface area contributed by atoms with Crippen molar-refractivity contribution in [1.82, 2.24) is 15.3 Å². The molecule has 0 aliphatic rings. The first-order chi connectivity index (χ1) is 10.2. The van der Waals surface area contributed by atoms with E-state index in [0.29, 0.717) is 28.8 Å². The average molecular weight is 284 g/mol. The van der Waals surface area contributed by atoms with Crippen LogP contribution in [0.4, 0.5) is 11.6 Å². The zero-order valence-electron chi connectivity index (χ0n) is 11.5. The summed E-state index contributed by atoms with van der Waals surface area (Å²) >= 11 is 0. The third kappa shape index (κ3) is 4.20. The molecule has 7 nitrogen and oxygen atoms in total. The molecule has 0 amide bonds. The molecule has 0 aliphatic carbocycles. The van der Waals surface area contributed by atoms with Crippen molar-refractivity contribution in [3.63, 3.8) is 0 Å². The third-order valence-electron chi connectivity index (χ3n) is 2.45. The molecule has 108 valence electrons. The number of pyridine rings is 2. The number of nitrogen functional groups attached to an aromatic ring is 1. The Morgan fingerprint density at radius 1 is 1.29 bits per heavy atom. The lowest BCUT2D eigenvalue weighted by Gasteiger charge is -2.09. The molecule has 0 aromatic carbocycles. The average Bonchev–Trinajstić information content (AvgIpc) is 2.49. The molecule has 2 rings (SSSR count). The zero-order chi connectivity index (χ0) is 15.1. The van der Waals surface area contributed by atoms with Gasteiger partial charge in [0.15, 0.2) is 0 Å². The van der Waals surface area contributed by atoms with Gasteiger partial charge in [0.25, 0.3) is 0 Å². The van der Waals surface area contributed by atoms with Crippen LogP contribution in [0.1, 0.15) is 0 Å². The number of nitrogens with two attached hydrogens (primary N) is 1. The SMILES string of the molecule is CN/C=C(\C=N)Nc1cc(Oc2ccc(N)nc2)ccn1. The maximum Gasteiger partial charge on any atom is 0.145 e. The van der Waals surface area contributed by atoms with Crippen molar-refractivity contribution in [2.75, 3.05) is 18.1 Å². The van der Waals surface area contributed by atoms with Crippen molar-refractivity contribution in [2.24, 2.45) is 0 Å². The monoisotopic (exact) mass is 284 g/mol. The number of anilines is 2. The molecular formula is C14H16N6O. The second kappa shape index (κ2) is 6.90. The summed E-state index contributed by atoms with van der Waals surface area (Å²) < 4.78 is 5.66. The Morgan fingerprint density at radius 2 is 2.14 bits per heavy atom. The molecule has 7 heteroatoms. The summed E-state index contributed by atoms with van der Waals surface area (Å²) in [4.78, 5) is 8.12. The minimum atomic E-state index is 0.437. The van der Waals surface area contributed by atoms with Gasteiger partial charge in [-0.15, -0.1) is 0 Å². The second-order valence-corrected chi connectivity index (χ2v) is 4.06. The molecular weight excluding hydrogens is 268 g/mol. The minimum absolute atomic E-state index is 0.437. The number of nitrogens with zero attached hydrogens (tertiary/aromatic N) is 2. The van der Waals surface area contributed by atoms with Crippen LogP contribution in [0.15, 0.2) is 48.6 Å². The highest BCUT2D eigenvalue weighted by Gasteiger charge is 2.02. The van der Waals surface area contributed by atoms with Crippen LogP contribution in [0.25, 0.3) is 0 Å². The van der Waals surface area contributed by atoms with Crippen LogP contribution >= 0.6 is 0 Å². The smallest absolute Gasteiger partial charge is 0.145 e. The fraction of sp³-hybridized carbons (Fsp3) is 0.0714. The topological polar surface area (TPSA) is 109 Å². The van der Waals surface area contributed by atoms with Crippen molar-refractivity contribution in [1.29, 1.82) is 5.41 Å². The van der Waals surface area contributed by atoms with Crippen LogP contribution in [-0.4, -0.2) is 23.2 Å². The molecule has 0 saturated carbocycles. The van der Waals surface area contributed by atoms with Gasteiger partial charge in [-0.25, -0.2) is 9.97 Å². The van der Waals surface area contributed by atoms with Gasteiger partial charge in [0.05, 0.1) is 11.9 Å². The predicted octanol–water partition coefficient (Wildman–Crippen LogP) is 1.97. The summed E-state index contributed by atoms with van der Waals surface area (Å²) in [5.74, 6) is 2.19. The Morgan fingerprint density at radius 3 is 2.81 bits per heavy atom. The van der Waals surface area contributed by atoms with Gasteiger partial charge < -0.3 is 26.5 Å². The summed E-state index contributed by atoms with van der Waals surface area (Å²) in [6.45, 7) is 0. The predicted molar refractivity (Wildman–Crippen MR) is 82.5 cm³/mol. The summed E-state index contributed by atoms with van der Waals surface area (Å²) in [5, 5.41) is 13.1. The molecule has 2 heterocycles. The van der Waals surface area contributed by atoms with E-state index in [-0.39, 0.29) is 0 Å². The number of ether oxygens (including phenoxy) is 1. The number of aromatic nitrogens is 2. The van der Waals surface area contributed by atoms with E-state index in [1.54, 1.807) is 49.9 Å². The minimum Gasteiger partial charge on any atom is -0.456 e. The van der Waals surface area contributed by atoms with Crippen molar-refractivity contribution in [2.45, 2.75) is 0 Å². The van der Waals surface area contributed by atoms with E-state index < -0.39 is 0 Å². The molecule has 0 atom stereocenters. The lowest BCUT2D eigenvalue weighted by molar-refractivity contribution is 0.480. The Kier molecular flexibility index (Phi) is 4.70. The molecule has 0 aliphatic heterocycles. The van der Waals surface area contributed by atoms with Crippen molar-refractivity contribution in [3.05, 3.63) is 48.6 Å². The first kappa shape index (κ1) is 14.3. The van der Waals surface area contributed by atoms with Gasteiger partial charge >= 0.3 is 0 Å². The third-order valence-corrected chi connectivity index (χ3v) is 2.45. The van der Waals surface area contributed by atoms with Crippen molar-refractivity contribution < 1.29 is 4.74 Å². The molecule has 0 radical (unpaired) electrons. The normalized spacial score (nSPS) is 10.8. The van der Waals surface area contributed by atoms with Gasteiger partial charge in [0.2, 0.25) is 0 Å². The Bertz CT molecular complexity index is 638. The number of hydrogen-bond donors (Lipinski definition) is 4. The van der Waals surface area contributed by atoms with E-state index in [1.165, 1.54) is 6.21 Å². The summed E-state index contributed by atoms with van der Waals surface area (Å²) in [7, 11) is 1.76. The van der Waals surface area contributed by atoms with E-state index in [9.17, 15) is 0 Å². The first-order valence-corrected chi connectivity index (χ1v) is 6.21. The van der Waals surface area contributed by atoms with Gasteiger partial charge in [-0.05, 0) is 18.2 Å². The van der Waals surface area contributed by atoms with Crippen LogP contribution in [0.2, 0.25) is 0 Å². The largest absolute Gasteiger partial charge is 0.456 e. The molecule has 2 aromatic heterocycles. The molecule has 0 saturated heterocycles. The maximum atomic E-state index is 7.29. The Hall–Kier alpha value is -3.09. The van der Waals surface area contributed by atoms with Crippen LogP contribution in [0.3, 0.4) is 0 Å². The van der Waals surface area contributed by atoms with E-state index in [1.807, 2.05) is 0 Å². The fourth-order valence-electron chi connectivity index (χ4n) is 1.55. The van der Waals surface area contributed by atoms with Crippen LogP contribution in [0, 0.1) is 5.41 Å². The van der Waals surface area contributed by atoms with Gasteiger partial charge in [0, 0.05) is 31.7 Å². The maximum absolute atomic E-state index is 7.29. The molecule has 5 N–H and O–H groups in total. The molecule has 2 aromatic rings. The highest BCUT2D eigenvalue weighted by molar-refractivity contribution is 5.80. The standard InChI is InChI=1S/C14H16N6O/c1-17-8-10(7-15)20-14-6-11(4-5-18-14)21-12-2-3-13(16)19-9-12/h2-9,15,17H,1H3,(H2,16,19)(H,18,20)/b10-8+,15-7?. The molecule has 0 spiro atoms. The summed E-state index contributed by atoms with van der Waals surface area (Å²) in [5.41, 5.74) is 6.10. The van der Waals surface area contributed by atoms with Gasteiger partial charge in [-0.2, -0.15) is 0 Å². The van der Waals surface area contributed by atoms with Crippen LogP contribution in [-0.2, 0) is 0 Å². The van der Waals surface area contributed by atoms with Gasteiger partial charge in [-0.1, -0.05) is 0 Å². The second-order valence-electron chi connectivity index (χ2n) is 4.06. The van der Waals surface area contributed by atoms with E-state index in [2.05, 4.69) is 20.6 Å². The van der Waals surface area contributed by atoms with E-state index in [4.69, 9.17) is 15.9 Å². The van der Waals surface area contributed by atoms with Crippen LogP contribution < -0.4 is 21.1 Å². The van der Waals surface area contributed by atoms with Crippen molar-refractivity contribution >= 4 is 17.9 Å². The van der Waals surface area contributed by atoms with E-state index in [0.717, 1.165) is 0 Å². The number of hydrogen-bond acceptors (Lipinski definition) is 7. The molecule has 21 heavy (non-hydrogen) atoms. The van der Waals surface area contributed by atoms with E-state index >= 15 is 0 Å². The van der Waals surface area contributed by atoms with Gasteiger partial charge in [0.1, 0.15) is 23.1 Å². The lowest BCUT2D eigenvalue weighted by atomic mass is 10.4.